The van der Waals surface area contributed by atoms with Gasteiger partial charge in [0.1, 0.15) is 16.4 Å². The Morgan fingerprint density at radius 2 is 1.94 bits per heavy atom. The molecule has 0 atom stereocenters. The van der Waals surface area contributed by atoms with Gasteiger partial charge in [-0.15, -0.1) is 0 Å². The van der Waals surface area contributed by atoms with Crippen molar-refractivity contribution in [3.05, 3.63) is 27.0 Å². The van der Waals surface area contributed by atoms with Crippen LogP contribution in [0.4, 0.5) is 0 Å². The van der Waals surface area contributed by atoms with Crippen LogP contribution in [-0.4, -0.2) is 16.9 Å². The Balaban J connectivity index is 2.22. The number of aryl methyl sites for hydroxylation is 2. The predicted molar refractivity (Wildman–Crippen MR) is 55.5 cm³/mol. The molecule has 0 aromatic carbocycles. The van der Waals surface area contributed by atoms with Gasteiger partial charge in [0.25, 0.3) is 0 Å². The van der Waals surface area contributed by atoms with E-state index in [-0.39, 0.29) is 6.61 Å². The van der Waals surface area contributed by atoms with E-state index in [1.54, 1.807) is 0 Å². The highest BCUT2D eigenvalue weighted by molar-refractivity contribution is 5.02. The van der Waals surface area contributed by atoms with E-state index < -0.39 is 10.9 Å². The molecule has 0 amide bonds. The van der Waals surface area contributed by atoms with E-state index in [0.29, 0.717) is 30.8 Å². The fourth-order valence-corrected chi connectivity index (χ4v) is 1.50. The van der Waals surface area contributed by atoms with Gasteiger partial charge in [-0.1, -0.05) is 6.92 Å². The SMILES string of the molecule is CCc1oc(=O)oc1CCCCCO[N+](=O)O. The van der Waals surface area contributed by atoms with Crippen LogP contribution in [0.15, 0.2) is 13.6 Å². The molecular weight excluding hydrogens is 230 g/mol. The molecule has 0 saturated heterocycles. The summed E-state index contributed by atoms with van der Waals surface area (Å²) < 4.78 is 9.74. The molecule has 0 aliphatic heterocycles. The van der Waals surface area contributed by atoms with Gasteiger partial charge in [-0.2, -0.15) is 4.84 Å². The number of hydrogen-bond acceptors (Lipinski definition) is 5. The molecule has 1 N–H and O–H groups in total. The Kier molecular flexibility index (Phi) is 5.25. The predicted octanol–water partition coefficient (Wildman–Crippen LogP) is 1.61. The third-order valence-electron chi connectivity index (χ3n) is 2.30. The van der Waals surface area contributed by atoms with Gasteiger partial charge in [0.05, 0.1) is 0 Å². The minimum atomic E-state index is -0.664. The Labute approximate surface area is 97.5 Å². The Hall–Kier alpha value is -1.79. The second-order valence-corrected chi connectivity index (χ2v) is 3.54. The van der Waals surface area contributed by atoms with Gasteiger partial charge < -0.3 is 8.83 Å². The summed E-state index contributed by atoms with van der Waals surface area (Å²) in [5.74, 6) is 0.515. The van der Waals surface area contributed by atoms with Gasteiger partial charge in [-0.05, 0) is 19.3 Å². The lowest BCUT2D eigenvalue weighted by atomic mass is 10.1. The Morgan fingerprint density at radius 1 is 1.24 bits per heavy atom. The van der Waals surface area contributed by atoms with Crippen LogP contribution in [0, 0.1) is 4.91 Å². The maximum absolute atomic E-state index is 10.9. The largest absolute Gasteiger partial charge is 0.519 e. The third kappa shape index (κ3) is 4.71. The van der Waals surface area contributed by atoms with Gasteiger partial charge in [0.2, 0.25) is 0 Å². The first-order valence-electron chi connectivity index (χ1n) is 5.54. The second-order valence-electron chi connectivity index (χ2n) is 3.54. The minimum absolute atomic E-state index is 0.163. The van der Waals surface area contributed by atoms with Crippen molar-refractivity contribution >= 4 is 0 Å². The smallest absolute Gasteiger partial charge is 0.396 e. The zero-order chi connectivity index (χ0) is 12.7. The van der Waals surface area contributed by atoms with Crippen LogP contribution in [0.1, 0.15) is 37.7 Å². The van der Waals surface area contributed by atoms with E-state index in [1.165, 1.54) is 0 Å². The topological polar surface area (TPSA) is 92.9 Å². The molecule has 1 aromatic heterocycles. The lowest BCUT2D eigenvalue weighted by molar-refractivity contribution is -0.975. The summed E-state index contributed by atoms with van der Waals surface area (Å²) in [6, 6.07) is 0. The second kappa shape index (κ2) is 6.72. The van der Waals surface area contributed by atoms with Gasteiger partial charge in [-0.25, -0.2) is 10.0 Å². The molecule has 0 radical (unpaired) electrons. The highest BCUT2D eigenvalue weighted by Gasteiger charge is 2.10. The number of hydrogen-bond donors (Lipinski definition) is 1. The lowest BCUT2D eigenvalue weighted by Crippen LogP contribution is -2.04. The molecule has 0 aliphatic carbocycles. The number of rotatable bonds is 8. The quantitative estimate of drug-likeness (QED) is 0.553. The first kappa shape index (κ1) is 13.3. The normalized spacial score (nSPS) is 10.4. The molecule has 1 heterocycles. The first-order chi connectivity index (χ1) is 8.13. The van der Waals surface area contributed by atoms with Crippen molar-refractivity contribution < 1.29 is 24.0 Å². The van der Waals surface area contributed by atoms with Crippen LogP contribution >= 0.6 is 0 Å². The van der Waals surface area contributed by atoms with Crippen molar-refractivity contribution in [2.75, 3.05) is 6.61 Å². The van der Waals surface area contributed by atoms with Crippen molar-refractivity contribution in [2.45, 2.75) is 39.0 Å². The Morgan fingerprint density at radius 3 is 2.59 bits per heavy atom. The summed E-state index contributed by atoms with van der Waals surface area (Å²) in [6.45, 7) is 2.05. The zero-order valence-corrected chi connectivity index (χ0v) is 9.68. The van der Waals surface area contributed by atoms with Crippen LogP contribution in [0.2, 0.25) is 0 Å². The maximum atomic E-state index is 10.9. The third-order valence-corrected chi connectivity index (χ3v) is 2.30. The molecule has 0 fully saturated rings. The standard InChI is InChI=1S/C10H16NO6/c1-2-8-9(17-10(12)16-8)6-4-3-5-7-15-11(13)14/h2-7H2,1H3,(H,13,14)/q+1. The summed E-state index contributed by atoms with van der Waals surface area (Å²) in [4.78, 5) is 25.1. The van der Waals surface area contributed by atoms with Crippen LogP contribution in [-0.2, 0) is 17.7 Å². The first-order valence-corrected chi connectivity index (χ1v) is 5.54. The summed E-state index contributed by atoms with van der Waals surface area (Å²) in [6.07, 6.45) is 3.48. The highest BCUT2D eigenvalue weighted by atomic mass is 16.9. The zero-order valence-electron chi connectivity index (χ0n) is 9.68. The average Bonchev–Trinajstić information content (AvgIpc) is 2.63. The molecule has 1 rings (SSSR count). The minimum Gasteiger partial charge on any atom is -0.396 e. The highest BCUT2D eigenvalue weighted by Crippen LogP contribution is 2.12. The van der Waals surface area contributed by atoms with Gasteiger partial charge >= 0.3 is 10.9 Å². The molecule has 7 nitrogen and oxygen atoms in total. The monoisotopic (exact) mass is 246 g/mol. The van der Waals surface area contributed by atoms with Crippen LogP contribution in [0.25, 0.3) is 0 Å². The lowest BCUT2D eigenvalue weighted by Gasteiger charge is -1.97. The maximum Gasteiger partial charge on any atom is 0.519 e. The molecule has 0 aliphatic rings. The molecule has 0 unspecified atom stereocenters. The number of unbranched alkanes of at least 4 members (excludes halogenated alkanes) is 2. The van der Waals surface area contributed by atoms with Crippen molar-refractivity contribution in [2.24, 2.45) is 0 Å². The summed E-state index contributed by atoms with van der Waals surface area (Å²) >= 11 is 0. The van der Waals surface area contributed by atoms with Gasteiger partial charge in [0.15, 0.2) is 6.61 Å². The van der Waals surface area contributed by atoms with E-state index in [4.69, 9.17) is 14.0 Å². The Bertz CT molecular complexity index is 407. The molecule has 0 saturated carbocycles. The summed E-state index contributed by atoms with van der Waals surface area (Å²) in [5.41, 5.74) is 0. The molecule has 96 valence electrons. The molecule has 1 aromatic rings. The van der Waals surface area contributed by atoms with Crippen molar-refractivity contribution in [1.29, 1.82) is 0 Å². The summed E-state index contributed by atoms with van der Waals surface area (Å²) in [7, 11) is 0. The van der Waals surface area contributed by atoms with Crippen molar-refractivity contribution in [3.63, 3.8) is 0 Å². The van der Waals surface area contributed by atoms with E-state index in [1.807, 2.05) is 6.92 Å². The van der Waals surface area contributed by atoms with Gasteiger partial charge in [0, 0.05) is 12.8 Å². The van der Waals surface area contributed by atoms with Crippen molar-refractivity contribution in [1.82, 2.24) is 0 Å². The van der Waals surface area contributed by atoms with Crippen LogP contribution in [0.5, 0.6) is 0 Å². The number of nitrogens with zero attached hydrogens (tertiary/aromatic N) is 1. The molecule has 0 spiro atoms. The van der Waals surface area contributed by atoms with E-state index in [9.17, 15) is 9.70 Å². The van der Waals surface area contributed by atoms with Crippen LogP contribution in [0.3, 0.4) is 0 Å². The van der Waals surface area contributed by atoms with Crippen molar-refractivity contribution in [3.8, 4) is 0 Å². The molecule has 0 bridgehead atoms. The average molecular weight is 246 g/mol. The fourth-order valence-electron chi connectivity index (χ4n) is 1.50. The fraction of sp³-hybridized carbons (Fsp3) is 0.700. The summed E-state index contributed by atoms with van der Waals surface area (Å²) in [5, 5.41) is 7.60. The van der Waals surface area contributed by atoms with E-state index >= 15 is 0 Å². The van der Waals surface area contributed by atoms with E-state index in [0.717, 1.165) is 12.8 Å². The molecule has 7 heteroatoms. The van der Waals surface area contributed by atoms with Crippen LogP contribution < -0.4 is 5.82 Å². The molecular formula is C10H16NO6+. The molecule has 17 heavy (non-hydrogen) atoms. The van der Waals surface area contributed by atoms with Gasteiger partial charge in [-0.3, -0.25) is 0 Å². The van der Waals surface area contributed by atoms with E-state index in [2.05, 4.69) is 4.84 Å².